The molecule has 0 aliphatic carbocycles. The Hall–Kier alpha value is -2.25. The van der Waals surface area contributed by atoms with Gasteiger partial charge < -0.3 is 14.2 Å². The zero-order chi connectivity index (χ0) is 22.7. The van der Waals surface area contributed by atoms with Crippen molar-refractivity contribution >= 4 is 24.2 Å². The van der Waals surface area contributed by atoms with Crippen molar-refractivity contribution in [1.82, 2.24) is 4.90 Å². The van der Waals surface area contributed by atoms with Crippen molar-refractivity contribution in [3.63, 3.8) is 0 Å². The molecule has 0 saturated carbocycles. The number of carbonyl (C=O) groups excluding carboxylic acids is 2. The Balaban J connectivity index is 0.00000385. The second-order valence-electron chi connectivity index (χ2n) is 8.16. The number of Topliss-reactive ketones (excluding diaryl/α,β-unsaturated/α-hetero) is 1. The van der Waals surface area contributed by atoms with Gasteiger partial charge in [-0.15, -0.1) is 12.4 Å². The quantitative estimate of drug-likeness (QED) is 0.343. The molecule has 6 nitrogen and oxygen atoms in total. The van der Waals surface area contributed by atoms with E-state index in [1.54, 1.807) is 0 Å². The molecule has 2 aromatic carbocycles. The maximum absolute atomic E-state index is 13.4. The van der Waals surface area contributed by atoms with Crippen molar-refractivity contribution in [1.29, 1.82) is 0 Å². The van der Waals surface area contributed by atoms with Gasteiger partial charge >= 0.3 is 5.97 Å². The van der Waals surface area contributed by atoms with Crippen LogP contribution in [0.5, 0.6) is 0 Å². The number of piperidine rings is 1. The van der Waals surface area contributed by atoms with E-state index in [-0.39, 0.29) is 38.6 Å². The third-order valence-electron chi connectivity index (χ3n) is 5.77. The van der Waals surface area contributed by atoms with Crippen molar-refractivity contribution in [2.75, 3.05) is 40.0 Å². The lowest BCUT2D eigenvalue weighted by molar-refractivity contribution is -0.181. The fraction of sp³-hybridized carbons (Fsp3) is 0.462. The van der Waals surface area contributed by atoms with Gasteiger partial charge in [0.25, 0.3) is 0 Å². The van der Waals surface area contributed by atoms with Gasteiger partial charge in [0.15, 0.2) is 0 Å². The Morgan fingerprint density at radius 2 is 1.52 bits per heavy atom. The predicted octanol–water partition coefficient (Wildman–Crippen LogP) is 3.85. The molecule has 1 aliphatic rings. The fourth-order valence-electron chi connectivity index (χ4n) is 3.95. The van der Waals surface area contributed by atoms with Crippen LogP contribution in [0.15, 0.2) is 60.7 Å². The molecule has 1 fully saturated rings. The molecule has 1 heterocycles. The number of methoxy groups -OCH3 is 1. The van der Waals surface area contributed by atoms with Gasteiger partial charge in [0.1, 0.15) is 13.2 Å². The fourth-order valence-corrected chi connectivity index (χ4v) is 3.95. The minimum atomic E-state index is -1.77. The van der Waals surface area contributed by atoms with Crippen LogP contribution < -0.4 is 0 Å². The van der Waals surface area contributed by atoms with Crippen molar-refractivity contribution in [3.8, 4) is 0 Å². The van der Waals surface area contributed by atoms with Crippen LogP contribution in [0.2, 0.25) is 0 Å². The third-order valence-corrected chi connectivity index (χ3v) is 5.77. The molecule has 180 valence electrons. The van der Waals surface area contributed by atoms with Crippen LogP contribution in [0, 0.1) is 0 Å². The monoisotopic (exact) mass is 475 g/mol. The summed E-state index contributed by atoms with van der Waals surface area (Å²) in [5, 5.41) is 0. The SMILES string of the molecule is COCC(=O)C(Cc1ccccc1)(OCc1ccccc1)C(=O)OCCN1CCCCC1.Cl. The highest BCUT2D eigenvalue weighted by atomic mass is 35.5. The van der Waals surface area contributed by atoms with Crippen molar-refractivity contribution in [2.45, 2.75) is 37.9 Å². The molecular weight excluding hydrogens is 442 g/mol. The van der Waals surface area contributed by atoms with Crippen LogP contribution in [-0.4, -0.2) is 62.2 Å². The van der Waals surface area contributed by atoms with E-state index in [9.17, 15) is 9.59 Å². The van der Waals surface area contributed by atoms with E-state index in [0.29, 0.717) is 6.54 Å². The first-order valence-electron chi connectivity index (χ1n) is 11.3. The van der Waals surface area contributed by atoms with Crippen LogP contribution in [0.25, 0.3) is 0 Å². The van der Waals surface area contributed by atoms with Gasteiger partial charge in [-0.05, 0) is 37.1 Å². The van der Waals surface area contributed by atoms with E-state index in [1.165, 1.54) is 26.4 Å². The van der Waals surface area contributed by atoms with Crippen molar-refractivity contribution < 1.29 is 23.8 Å². The summed E-state index contributed by atoms with van der Waals surface area (Å²) >= 11 is 0. The first kappa shape index (κ1) is 27.0. The smallest absolute Gasteiger partial charge is 0.346 e. The summed E-state index contributed by atoms with van der Waals surface area (Å²) in [5.74, 6) is -1.10. The molecule has 0 bridgehead atoms. The number of ketones is 1. The number of benzene rings is 2. The molecule has 33 heavy (non-hydrogen) atoms. The first-order valence-corrected chi connectivity index (χ1v) is 11.3. The Labute approximate surface area is 202 Å². The molecule has 0 aromatic heterocycles. The highest BCUT2D eigenvalue weighted by Crippen LogP contribution is 2.24. The molecule has 0 amide bonds. The largest absolute Gasteiger partial charge is 0.462 e. The number of esters is 1. The number of halogens is 1. The molecule has 1 aliphatic heterocycles. The Morgan fingerprint density at radius 3 is 2.12 bits per heavy atom. The van der Waals surface area contributed by atoms with E-state index in [1.807, 2.05) is 60.7 Å². The second-order valence-corrected chi connectivity index (χ2v) is 8.16. The minimum absolute atomic E-state index is 0. The summed E-state index contributed by atoms with van der Waals surface area (Å²) in [4.78, 5) is 28.9. The van der Waals surface area contributed by atoms with Gasteiger partial charge in [-0.2, -0.15) is 0 Å². The standard InChI is InChI=1S/C26H33NO5.ClH/c1-30-21-24(28)26(19-22-11-5-2-6-12-22,32-20-23-13-7-3-8-14-23)25(29)31-18-17-27-15-9-4-10-16-27;/h2-3,5-8,11-14H,4,9-10,15-21H2,1H3;1H. The maximum Gasteiger partial charge on any atom is 0.346 e. The third kappa shape index (κ3) is 7.93. The number of likely N-dealkylation sites (tertiary alicyclic amines) is 1. The van der Waals surface area contributed by atoms with Gasteiger partial charge in [-0.3, -0.25) is 9.69 Å². The topological polar surface area (TPSA) is 65.1 Å². The molecule has 1 saturated heterocycles. The normalized spacial score (nSPS) is 15.8. The van der Waals surface area contributed by atoms with Crippen LogP contribution in [-0.2, 0) is 36.8 Å². The van der Waals surface area contributed by atoms with Gasteiger partial charge in [0, 0.05) is 20.1 Å². The molecule has 3 rings (SSSR count). The van der Waals surface area contributed by atoms with Gasteiger partial charge in [-0.25, -0.2) is 4.79 Å². The number of nitrogens with zero attached hydrogens (tertiary/aromatic N) is 1. The van der Waals surface area contributed by atoms with E-state index >= 15 is 0 Å². The average Bonchev–Trinajstić information content (AvgIpc) is 2.84. The maximum atomic E-state index is 13.4. The lowest BCUT2D eigenvalue weighted by Gasteiger charge is -2.31. The van der Waals surface area contributed by atoms with E-state index in [2.05, 4.69) is 4.90 Å². The highest BCUT2D eigenvalue weighted by Gasteiger charge is 2.48. The summed E-state index contributed by atoms with van der Waals surface area (Å²) in [6, 6.07) is 18.9. The summed E-state index contributed by atoms with van der Waals surface area (Å²) in [7, 11) is 1.43. The van der Waals surface area contributed by atoms with Crippen LogP contribution in [0.4, 0.5) is 0 Å². The van der Waals surface area contributed by atoms with Gasteiger partial charge in [-0.1, -0.05) is 67.1 Å². The Bertz CT molecular complexity index is 842. The summed E-state index contributed by atoms with van der Waals surface area (Å²) in [6.07, 6.45) is 3.66. The molecule has 1 unspecified atom stereocenters. The number of ether oxygens (including phenoxy) is 3. The molecular formula is C26H34ClNO5. The molecule has 0 N–H and O–H groups in total. The molecule has 2 aromatic rings. The van der Waals surface area contributed by atoms with Crippen LogP contribution in [0.1, 0.15) is 30.4 Å². The van der Waals surface area contributed by atoms with Crippen LogP contribution in [0.3, 0.4) is 0 Å². The number of carbonyl (C=O) groups is 2. The van der Waals surface area contributed by atoms with E-state index in [4.69, 9.17) is 14.2 Å². The molecule has 0 radical (unpaired) electrons. The zero-order valence-electron chi connectivity index (χ0n) is 19.2. The molecule has 1 atom stereocenters. The Kier molecular flexibility index (Phi) is 11.5. The van der Waals surface area contributed by atoms with E-state index in [0.717, 1.165) is 24.2 Å². The Morgan fingerprint density at radius 1 is 0.909 bits per heavy atom. The zero-order valence-corrected chi connectivity index (χ0v) is 20.1. The number of rotatable bonds is 12. The average molecular weight is 476 g/mol. The van der Waals surface area contributed by atoms with Gasteiger partial charge in [0.2, 0.25) is 11.4 Å². The highest BCUT2D eigenvalue weighted by molar-refractivity contribution is 6.08. The first-order chi connectivity index (χ1) is 15.6. The minimum Gasteiger partial charge on any atom is -0.462 e. The summed E-state index contributed by atoms with van der Waals surface area (Å²) in [6.45, 7) is 2.79. The van der Waals surface area contributed by atoms with Crippen molar-refractivity contribution in [2.24, 2.45) is 0 Å². The van der Waals surface area contributed by atoms with Crippen LogP contribution >= 0.6 is 12.4 Å². The summed E-state index contributed by atoms with van der Waals surface area (Å²) in [5.41, 5.74) is -0.0796. The van der Waals surface area contributed by atoms with E-state index < -0.39 is 17.4 Å². The summed E-state index contributed by atoms with van der Waals surface area (Å²) < 4.78 is 16.9. The number of hydrogen-bond donors (Lipinski definition) is 0. The van der Waals surface area contributed by atoms with Crippen molar-refractivity contribution in [3.05, 3.63) is 71.8 Å². The lowest BCUT2D eigenvalue weighted by atomic mass is 9.89. The lowest BCUT2D eigenvalue weighted by Crippen LogP contribution is -2.53. The molecule has 0 spiro atoms. The van der Waals surface area contributed by atoms with Gasteiger partial charge in [0.05, 0.1) is 6.61 Å². The predicted molar refractivity (Wildman–Crippen MR) is 129 cm³/mol. The molecule has 7 heteroatoms. The number of hydrogen-bond acceptors (Lipinski definition) is 6. The second kappa shape index (κ2) is 14.1.